The summed E-state index contributed by atoms with van der Waals surface area (Å²) < 4.78 is 5.39. The molecule has 6 nitrogen and oxygen atoms in total. The van der Waals surface area contributed by atoms with Gasteiger partial charge in [0.05, 0.1) is 23.5 Å². The van der Waals surface area contributed by atoms with Crippen molar-refractivity contribution in [2.75, 3.05) is 6.61 Å². The Labute approximate surface area is 179 Å². The highest BCUT2D eigenvalue weighted by Gasteiger charge is 2.40. The zero-order valence-corrected chi connectivity index (χ0v) is 16.9. The lowest BCUT2D eigenvalue weighted by molar-refractivity contribution is 0.0655. The van der Waals surface area contributed by atoms with Crippen LogP contribution < -0.4 is 5.32 Å². The predicted octanol–water partition coefficient (Wildman–Crippen LogP) is 4.78. The Morgan fingerprint density at radius 2 is 1.71 bits per heavy atom. The van der Waals surface area contributed by atoms with E-state index < -0.39 is 11.6 Å². The molecule has 1 fully saturated rings. The Morgan fingerprint density at radius 1 is 0.968 bits per heavy atom. The van der Waals surface area contributed by atoms with Gasteiger partial charge in [-0.15, -0.1) is 0 Å². The van der Waals surface area contributed by atoms with Crippen molar-refractivity contribution in [1.29, 1.82) is 0 Å². The maximum Gasteiger partial charge on any atom is 0.405 e. The number of carbonyl (C=O) groups excluding carboxylic acids is 1. The third-order valence-electron chi connectivity index (χ3n) is 6.22. The van der Waals surface area contributed by atoms with Crippen LogP contribution in [0.3, 0.4) is 0 Å². The van der Waals surface area contributed by atoms with Crippen molar-refractivity contribution in [2.45, 2.75) is 31.4 Å². The molecule has 2 aliphatic rings. The second-order valence-electron chi connectivity index (χ2n) is 8.10. The van der Waals surface area contributed by atoms with Crippen LogP contribution in [0.4, 0.5) is 4.79 Å². The second kappa shape index (κ2) is 7.63. The second-order valence-corrected chi connectivity index (χ2v) is 8.10. The van der Waals surface area contributed by atoms with E-state index in [-0.39, 0.29) is 12.4 Å². The lowest BCUT2D eigenvalue weighted by atomic mass is 9.71. The van der Waals surface area contributed by atoms with Gasteiger partial charge in [-0.3, -0.25) is 4.79 Å². The highest BCUT2D eigenvalue weighted by Crippen LogP contribution is 2.42. The van der Waals surface area contributed by atoms with Crippen molar-refractivity contribution in [2.24, 2.45) is 0 Å². The van der Waals surface area contributed by atoms with Gasteiger partial charge in [-0.2, -0.15) is 0 Å². The van der Waals surface area contributed by atoms with Crippen LogP contribution in [0.15, 0.2) is 60.7 Å². The molecule has 31 heavy (non-hydrogen) atoms. The molecule has 156 valence electrons. The van der Waals surface area contributed by atoms with Crippen molar-refractivity contribution in [3.8, 4) is 22.4 Å². The van der Waals surface area contributed by atoms with E-state index in [1.165, 1.54) is 0 Å². The third kappa shape index (κ3) is 3.49. The van der Waals surface area contributed by atoms with Crippen LogP contribution in [0.25, 0.3) is 22.4 Å². The monoisotopic (exact) mass is 414 g/mol. The molecule has 0 radical (unpaired) electrons. The van der Waals surface area contributed by atoms with Gasteiger partial charge in [0.2, 0.25) is 0 Å². The first kappa shape index (κ1) is 19.5. The van der Waals surface area contributed by atoms with Crippen molar-refractivity contribution < 1.29 is 19.4 Å². The van der Waals surface area contributed by atoms with Crippen LogP contribution in [0.2, 0.25) is 0 Å². The molecule has 3 aromatic rings. The molecule has 0 bridgehead atoms. The molecule has 0 spiro atoms. The van der Waals surface area contributed by atoms with Crippen molar-refractivity contribution >= 4 is 11.9 Å². The number of carbonyl (C=O) groups is 2. The predicted molar refractivity (Wildman–Crippen MR) is 116 cm³/mol. The first-order valence-corrected chi connectivity index (χ1v) is 10.4. The van der Waals surface area contributed by atoms with Gasteiger partial charge >= 0.3 is 6.09 Å². The Hall–Kier alpha value is -3.51. The summed E-state index contributed by atoms with van der Waals surface area (Å²) in [5.41, 5.74) is 5.29. The number of Topliss-reactive ketones (excluding diaryl/α,β-unsaturated/α-hetero) is 1. The van der Waals surface area contributed by atoms with Crippen LogP contribution in [-0.2, 0) is 16.9 Å². The lowest BCUT2D eigenvalue weighted by Gasteiger charge is -2.42. The Balaban J connectivity index is 1.60. The molecule has 6 heteroatoms. The average Bonchev–Trinajstić information content (AvgIpc) is 2.76. The summed E-state index contributed by atoms with van der Waals surface area (Å²) in [6, 6.07) is 19.7. The van der Waals surface area contributed by atoms with Gasteiger partial charge in [0.15, 0.2) is 5.78 Å². The minimum Gasteiger partial charge on any atom is -0.465 e. The number of rotatable bonds is 4. The Bertz CT molecular complexity index is 1150. The maximum atomic E-state index is 12.4. The lowest BCUT2D eigenvalue weighted by Crippen LogP contribution is -2.50. The summed E-state index contributed by atoms with van der Waals surface area (Å²) in [6.45, 7) is 0.391. The number of carboxylic acid groups (broad SMARTS) is 1. The number of amides is 1. The molecule has 1 saturated carbocycles. The fourth-order valence-electron chi connectivity index (χ4n) is 4.45. The smallest absolute Gasteiger partial charge is 0.405 e. The van der Waals surface area contributed by atoms with Crippen LogP contribution in [0.5, 0.6) is 0 Å². The first-order chi connectivity index (χ1) is 15.1. The number of benzene rings is 2. The van der Waals surface area contributed by atoms with E-state index >= 15 is 0 Å². The van der Waals surface area contributed by atoms with Crippen LogP contribution in [0, 0.1) is 0 Å². The number of ketones is 1. The van der Waals surface area contributed by atoms with Gasteiger partial charge in [0, 0.05) is 16.7 Å². The fourth-order valence-corrected chi connectivity index (χ4v) is 4.45. The number of hydrogen-bond acceptors (Lipinski definition) is 4. The fraction of sp³-hybridized carbons (Fsp3) is 0.240. The number of nitrogens with one attached hydrogen (secondary N) is 1. The van der Waals surface area contributed by atoms with Crippen LogP contribution in [-0.4, -0.2) is 28.6 Å². The van der Waals surface area contributed by atoms with E-state index in [4.69, 9.17) is 9.72 Å². The topological polar surface area (TPSA) is 88.5 Å². The zero-order chi connectivity index (χ0) is 21.4. The van der Waals surface area contributed by atoms with E-state index in [1.807, 2.05) is 60.7 Å². The highest BCUT2D eigenvalue weighted by atomic mass is 16.5. The number of hydrogen-bond donors (Lipinski definition) is 2. The zero-order valence-electron chi connectivity index (χ0n) is 16.9. The molecule has 0 unspecified atom stereocenters. The van der Waals surface area contributed by atoms with E-state index in [1.54, 1.807) is 0 Å². The summed E-state index contributed by atoms with van der Waals surface area (Å²) in [7, 11) is 0. The standard InChI is InChI=1S/C25H22N2O4/c28-22-15-31-14-21-20(22)13-19(16-5-2-1-3-6-16)23(26-21)17-7-9-18(10-8-17)25(11-4-12-25)27-24(29)30/h1-3,5-10,13,27H,4,11-12,14-15H2,(H,29,30). The quantitative estimate of drug-likeness (QED) is 0.642. The molecule has 2 aromatic carbocycles. The van der Waals surface area contributed by atoms with Crippen LogP contribution >= 0.6 is 0 Å². The molecule has 1 aromatic heterocycles. The molecule has 1 aliphatic heterocycles. The molecule has 2 N–H and O–H groups in total. The molecule has 5 rings (SSSR count). The number of aromatic nitrogens is 1. The molecule has 1 amide bonds. The highest BCUT2D eigenvalue weighted by molar-refractivity contribution is 6.01. The van der Waals surface area contributed by atoms with Crippen molar-refractivity contribution in [1.82, 2.24) is 10.3 Å². The van der Waals surface area contributed by atoms with Crippen LogP contribution in [0.1, 0.15) is 40.9 Å². The van der Waals surface area contributed by atoms with E-state index in [0.717, 1.165) is 47.2 Å². The van der Waals surface area contributed by atoms with Gasteiger partial charge in [0.1, 0.15) is 6.61 Å². The number of pyridine rings is 1. The van der Waals surface area contributed by atoms with Gasteiger partial charge < -0.3 is 15.2 Å². The van der Waals surface area contributed by atoms with Gasteiger partial charge in [-0.05, 0) is 36.5 Å². The summed E-state index contributed by atoms with van der Waals surface area (Å²) in [5.74, 6) is -0.0560. The van der Waals surface area contributed by atoms with E-state index in [2.05, 4.69) is 5.32 Å². The maximum absolute atomic E-state index is 12.4. The summed E-state index contributed by atoms with van der Waals surface area (Å²) in [6.07, 6.45) is 1.59. The molecule has 2 heterocycles. The summed E-state index contributed by atoms with van der Waals surface area (Å²) in [4.78, 5) is 28.5. The van der Waals surface area contributed by atoms with E-state index in [0.29, 0.717) is 17.9 Å². The van der Waals surface area contributed by atoms with Gasteiger partial charge in [0.25, 0.3) is 0 Å². The minimum absolute atomic E-state index is 0.0560. The number of nitrogens with zero attached hydrogens (tertiary/aromatic N) is 1. The summed E-state index contributed by atoms with van der Waals surface area (Å²) >= 11 is 0. The molecule has 1 aliphatic carbocycles. The van der Waals surface area contributed by atoms with E-state index in [9.17, 15) is 14.7 Å². The number of ether oxygens (including phenoxy) is 1. The molecule has 0 atom stereocenters. The third-order valence-corrected chi connectivity index (χ3v) is 6.22. The van der Waals surface area contributed by atoms with Crippen molar-refractivity contribution in [3.05, 3.63) is 77.5 Å². The van der Waals surface area contributed by atoms with Crippen molar-refractivity contribution in [3.63, 3.8) is 0 Å². The summed E-state index contributed by atoms with van der Waals surface area (Å²) in [5, 5.41) is 11.9. The largest absolute Gasteiger partial charge is 0.465 e. The Morgan fingerprint density at radius 3 is 2.35 bits per heavy atom. The number of fused-ring (bicyclic) bond motifs is 1. The van der Waals surface area contributed by atoms with Gasteiger partial charge in [-0.25, -0.2) is 9.78 Å². The molecule has 0 saturated heterocycles. The SMILES string of the molecule is O=C(O)NC1(c2ccc(-c3nc4c(cc3-c3ccccc3)C(=O)COC4)cc2)CCC1. The van der Waals surface area contributed by atoms with Gasteiger partial charge in [-0.1, -0.05) is 54.6 Å². The first-order valence-electron chi connectivity index (χ1n) is 10.4. The average molecular weight is 414 g/mol. The normalized spacial score (nSPS) is 16.8. The molecular weight excluding hydrogens is 392 g/mol. The Kier molecular flexibility index (Phi) is 4.79. The molecular formula is C25H22N2O4. The minimum atomic E-state index is -1.00.